The maximum absolute atomic E-state index is 13.4. The van der Waals surface area contributed by atoms with Gasteiger partial charge in [0.2, 0.25) is 0 Å². The summed E-state index contributed by atoms with van der Waals surface area (Å²) < 4.78 is 48.5. The molecule has 6 nitrogen and oxygen atoms in total. The number of anilines is 2. The van der Waals surface area contributed by atoms with E-state index in [1.54, 1.807) is 6.92 Å². The topological polar surface area (TPSA) is 97.1 Å². The summed E-state index contributed by atoms with van der Waals surface area (Å²) in [5.74, 6) is 2.36. The van der Waals surface area contributed by atoms with Crippen molar-refractivity contribution in [3.8, 4) is 0 Å². The van der Waals surface area contributed by atoms with Crippen molar-refractivity contribution in [2.45, 2.75) is 13.0 Å². The minimum atomic E-state index is -3.21. The lowest BCUT2D eigenvalue weighted by Crippen LogP contribution is -2.26. The summed E-state index contributed by atoms with van der Waals surface area (Å²) in [6.45, 7) is 1.54. The molecule has 0 radical (unpaired) electrons. The van der Waals surface area contributed by atoms with E-state index in [0.717, 1.165) is 6.26 Å². The molecule has 18 heavy (non-hydrogen) atoms. The molecule has 1 aromatic heterocycles. The van der Waals surface area contributed by atoms with Crippen molar-refractivity contribution in [3.63, 3.8) is 0 Å². The number of aromatic nitrogens is 1. The molecular weight excluding hydrogens is 266 g/mol. The van der Waals surface area contributed by atoms with Gasteiger partial charge in [0, 0.05) is 18.4 Å². The Labute approximate surface area is 103 Å². The van der Waals surface area contributed by atoms with E-state index in [4.69, 9.17) is 5.84 Å². The second-order valence-corrected chi connectivity index (χ2v) is 6.12. The third kappa shape index (κ3) is 4.08. The van der Waals surface area contributed by atoms with E-state index in [9.17, 15) is 17.2 Å². The molecule has 0 aliphatic carbocycles. The van der Waals surface area contributed by atoms with Gasteiger partial charge in [-0.25, -0.2) is 28.0 Å². The molecule has 0 bridgehead atoms. The number of hydrogen-bond acceptors (Lipinski definition) is 6. The molecule has 0 saturated carbocycles. The molecule has 0 fully saturated rings. The lowest BCUT2D eigenvalue weighted by molar-refractivity contribution is 0.575. The van der Waals surface area contributed by atoms with E-state index in [2.05, 4.69) is 10.3 Å². The van der Waals surface area contributed by atoms with Crippen molar-refractivity contribution in [3.05, 3.63) is 17.7 Å². The highest BCUT2D eigenvalue weighted by atomic mass is 32.2. The maximum Gasteiger partial charge on any atom is 0.178 e. The Hall–Kier alpha value is -1.48. The molecule has 1 rings (SSSR count). The Morgan fingerprint density at radius 2 is 1.94 bits per heavy atom. The Balaban J connectivity index is 2.91. The molecule has 0 aliphatic heterocycles. The Morgan fingerprint density at radius 3 is 2.44 bits per heavy atom. The first-order valence-electron chi connectivity index (χ1n) is 5.00. The van der Waals surface area contributed by atoms with Crippen LogP contribution in [-0.2, 0) is 9.84 Å². The fourth-order valence-corrected chi connectivity index (χ4v) is 2.39. The van der Waals surface area contributed by atoms with Gasteiger partial charge in [0.1, 0.15) is 9.84 Å². The summed E-state index contributed by atoms with van der Waals surface area (Å²) in [4.78, 5) is 3.57. The van der Waals surface area contributed by atoms with Crippen LogP contribution in [0.2, 0.25) is 0 Å². The Kier molecular flexibility index (Phi) is 4.41. The minimum absolute atomic E-state index is 0.198. The van der Waals surface area contributed by atoms with E-state index in [1.165, 1.54) is 0 Å². The summed E-state index contributed by atoms with van der Waals surface area (Å²) in [5.41, 5.74) is 1.97. The van der Waals surface area contributed by atoms with Crippen LogP contribution in [0.3, 0.4) is 0 Å². The number of nitrogens with two attached hydrogens (primary N) is 1. The summed E-state index contributed by atoms with van der Waals surface area (Å²) in [7, 11) is -3.21. The van der Waals surface area contributed by atoms with Gasteiger partial charge in [-0.2, -0.15) is 0 Å². The molecule has 1 heterocycles. The summed E-state index contributed by atoms with van der Waals surface area (Å²) in [6.07, 6.45) is 1.06. The SMILES string of the molecule is CC(CS(C)(=O)=O)Nc1nc(NN)c(F)cc1F. The normalized spacial score (nSPS) is 13.2. The molecule has 1 unspecified atom stereocenters. The third-order valence-corrected chi connectivity index (χ3v) is 3.11. The van der Waals surface area contributed by atoms with E-state index >= 15 is 0 Å². The average molecular weight is 280 g/mol. The molecule has 102 valence electrons. The molecule has 0 amide bonds. The predicted octanol–water partition coefficient (Wildman–Crippen LogP) is 0.490. The van der Waals surface area contributed by atoms with Gasteiger partial charge in [0.05, 0.1) is 5.75 Å². The number of nitrogens with zero attached hydrogens (tertiary/aromatic N) is 1. The van der Waals surface area contributed by atoms with Gasteiger partial charge in [-0.1, -0.05) is 0 Å². The van der Waals surface area contributed by atoms with Crippen molar-refractivity contribution in [1.82, 2.24) is 4.98 Å². The highest BCUT2D eigenvalue weighted by molar-refractivity contribution is 7.90. The van der Waals surface area contributed by atoms with Crippen molar-refractivity contribution >= 4 is 21.5 Å². The number of sulfone groups is 1. The molecule has 0 aliphatic rings. The highest BCUT2D eigenvalue weighted by Gasteiger charge is 2.15. The second kappa shape index (κ2) is 5.44. The summed E-state index contributed by atoms with van der Waals surface area (Å²) in [6, 6.07) is 0.0376. The molecule has 9 heteroatoms. The van der Waals surface area contributed by atoms with Crippen LogP contribution in [0.25, 0.3) is 0 Å². The quantitative estimate of drug-likeness (QED) is 0.536. The zero-order valence-electron chi connectivity index (χ0n) is 9.87. The van der Waals surface area contributed by atoms with Gasteiger partial charge < -0.3 is 10.7 Å². The number of nitrogens with one attached hydrogen (secondary N) is 2. The number of pyridine rings is 1. The maximum atomic E-state index is 13.4. The molecule has 4 N–H and O–H groups in total. The fourth-order valence-electron chi connectivity index (χ4n) is 1.40. The van der Waals surface area contributed by atoms with Crippen LogP contribution < -0.4 is 16.6 Å². The van der Waals surface area contributed by atoms with E-state index < -0.39 is 27.5 Å². The van der Waals surface area contributed by atoms with Crippen molar-refractivity contribution < 1.29 is 17.2 Å². The monoisotopic (exact) mass is 280 g/mol. The van der Waals surface area contributed by atoms with Gasteiger partial charge in [-0.15, -0.1) is 0 Å². The minimum Gasteiger partial charge on any atom is -0.364 e. The van der Waals surface area contributed by atoms with Gasteiger partial charge >= 0.3 is 0 Å². The fraction of sp³-hybridized carbons (Fsp3) is 0.444. The van der Waals surface area contributed by atoms with Crippen LogP contribution in [0.5, 0.6) is 0 Å². The number of hydrogen-bond donors (Lipinski definition) is 3. The molecular formula is C9H14F2N4O2S. The molecule has 0 aromatic carbocycles. The van der Waals surface area contributed by atoms with Crippen LogP contribution in [0.1, 0.15) is 6.92 Å². The van der Waals surface area contributed by atoms with Gasteiger partial charge in [0.25, 0.3) is 0 Å². The summed E-state index contributed by atoms with van der Waals surface area (Å²) in [5, 5.41) is 2.54. The molecule has 0 saturated heterocycles. The van der Waals surface area contributed by atoms with Gasteiger partial charge in [0.15, 0.2) is 23.3 Å². The van der Waals surface area contributed by atoms with E-state index in [1.807, 2.05) is 5.43 Å². The van der Waals surface area contributed by atoms with Crippen molar-refractivity contribution in [2.24, 2.45) is 5.84 Å². The first-order valence-corrected chi connectivity index (χ1v) is 7.06. The van der Waals surface area contributed by atoms with E-state index in [-0.39, 0.29) is 17.4 Å². The average Bonchev–Trinajstić information content (AvgIpc) is 2.19. The Morgan fingerprint density at radius 1 is 1.39 bits per heavy atom. The van der Waals surface area contributed by atoms with Crippen molar-refractivity contribution in [2.75, 3.05) is 22.8 Å². The first-order chi connectivity index (χ1) is 8.23. The number of halogens is 2. The van der Waals surface area contributed by atoms with Crippen LogP contribution in [0, 0.1) is 11.6 Å². The second-order valence-electron chi connectivity index (χ2n) is 3.93. The van der Waals surface area contributed by atoms with Gasteiger partial charge in [-0.05, 0) is 6.92 Å². The summed E-state index contributed by atoms with van der Waals surface area (Å²) >= 11 is 0. The van der Waals surface area contributed by atoms with Gasteiger partial charge in [-0.3, -0.25) is 0 Å². The van der Waals surface area contributed by atoms with Crippen LogP contribution in [0.15, 0.2) is 6.07 Å². The molecule has 1 aromatic rings. The highest BCUT2D eigenvalue weighted by Crippen LogP contribution is 2.18. The zero-order valence-corrected chi connectivity index (χ0v) is 10.7. The number of hydrazine groups is 1. The van der Waals surface area contributed by atoms with E-state index in [0.29, 0.717) is 6.07 Å². The first kappa shape index (κ1) is 14.6. The van der Waals surface area contributed by atoms with Crippen molar-refractivity contribution in [1.29, 1.82) is 0 Å². The molecule has 0 spiro atoms. The largest absolute Gasteiger partial charge is 0.364 e. The number of rotatable bonds is 5. The zero-order chi connectivity index (χ0) is 13.9. The Bertz CT molecular complexity index is 536. The number of nitrogen functional groups attached to an aromatic ring is 1. The lowest BCUT2D eigenvalue weighted by atomic mass is 10.3. The van der Waals surface area contributed by atoms with Crippen LogP contribution in [-0.4, -0.2) is 31.5 Å². The third-order valence-electron chi connectivity index (χ3n) is 2.00. The van der Waals surface area contributed by atoms with Crippen LogP contribution in [0.4, 0.5) is 20.4 Å². The standard InChI is InChI=1S/C9H14F2N4O2S/c1-5(4-18(2,16)17)13-8-6(10)3-7(11)9(14-8)15-12/h3,5H,4,12H2,1-2H3,(H2,13,14,15). The van der Waals surface area contributed by atoms with Crippen LogP contribution >= 0.6 is 0 Å². The predicted molar refractivity (Wildman–Crippen MR) is 64.8 cm³/mol. The smallest absolute Gasteiger partial charge is 0.178 e. The molecule has 1 atom stereocenters. The lowest BCUT2D eigenvalue weighted by Gasteiger charge is -2.14.